The predicted octanol–water partition coefficient (Wildman–Crippen LogP) is 0.858. The Morgan fingerprint density at radius 2 is 2.62 bits per heavy atom. The molecule has 0 unspecified atom stereocenters. The second kappa shape index (κ2) is 2.34. The molecule has 1 aromatic heterocycles. The Kier molecular flexibility index (Phi) is 1.72. The number of hydrogen-bond acceptors (Lipinski definition) is 2. The van der Waals surface area contributed by atoms with E-state index in [2.05, 4.69) is 27.6 Å². The molecule has 1 heterocycles. The van der Waals surface area contributed by atoms with E-state index in [0.717, 1.165) is 4.55 Å². The van der Waals surface area contributed by atoms with Gasteiger partial charge in [-0.05, 0) is 0 Å². The molecule has 1 aromatic rings. The first-order valence-electron chi connectivity index (χ1n) is 2.17. The van der Waals surface area contributed by atoms with Crippen molar-refractivity contribution in [2.45, 2.75) is 4.55 Å². The van der Waals surface area contributed by atoms with E-state index in [-0.39, 0.29) is 0 Å². The summed E-state index contributed by atoms with van der Waals surface area (Å²) in [6, 6.07) is 0. The van der Waals surface area contributed by atoms with Gasteiger partial charge in [0.15, 0.2) is 0 Å². The molecule has 0 aliphatic heterocycles. The second-order valence-corrected chi connectivity index (χ2v) is 2.06. The SMILES string of the molecule is Nc1nccn1CI. The zero-order chi connectivity index (χ0) is 5.98. The highest BCUT2D eigenvalue weighted by atomic mass is 127. The van der Waals surface area contributed by atoms with Gasteiger partial charge in [-0.2, -0.15) is 0 Å². The highest BCUT2D eigenvalue weighted by Gasteiger charge is 1.90. The maximum absolute atomic E-state index is 5.40. The lowest BCUT2D eigenvalue weighted by Crippen LogP contribution is -1.97. The van der Waals surface area contributed by atoms with Crippen LogP contribution in [0.5, 0.6) is 0 Å². The van der Waals surface area contributed by atoms with Crippen molar-refractivity contribution in [3.05, 3.63) is 12.4 Å². The molecule has 0 spiro atoms. The fourth-order valence-corrected chi connectivity index (χ4v) is 1.02. The first-order chi connectivity index (χ1) is 3.84. The number of halogens is 1. The Labute approximate surface area is 61.0 Å². The number of hydrogen-bond donors (Lipinski definition) is 1. The van der Waals surface area contributed by atoms with Crippen molar-refractivity contribution in [2.24, 2.45) is 0 Å². The quantitative estimate of drug-likeness (QED) is 0.566. The molecule has 0 bridgehead atoms. The van der Waals surface area contributed by atoms with Gasteiger partial charge in [-0.1, -0.05) is 22.6 Å². The van der Waals surface area contributed by atoms with Crippen molar-refractivity contribution < 1.29 is 0 Å². The molecule has 3 nitrogen and oxygen atoms in total. The molecule has 1 rings (SSSR count). The van der Waals surface area contributed by atoms with Crippen molar-refractivity contribution in [2.75, 3.05) is 5.73 Å². The van der Waals surface area contributed by atoms with Crippen LogP contribution in [0.15, 0.2) is 12.4 Å². The van der Waals surface area contributed by atoms with Crippen LogP contribution in [0.25, 0.3) is 0 Å². The maximum Gasteiger partial charge on any atom is 0.200 e. The Morgan fingerprint density at radius 3 is 2.88 bits per heavy atom. The molecule has 0 saturated carbocycles. The summed E-state index contributed by atoms with van der Waals surface area (Å²) in [4.78, 5) is 3.82. The van der Waals surface area contributed by atoms with Crippen molar-refractivity contribution in [3.8, 4) is 0 Å². The van der Waals surface area contributed by atoms with Crippen molar-refractivity contribution in [3.63, 3.8) is 0 Å². The number of nitrogens with two attached hydrogens (primary N) is 1. The van der Waals surface area contributed by atoms with E-state index < -0.39 is 0 Å². The molecular weight excluding hydrogens is 217 g/mol. The lowest BCUT2D eigenvalue weighted by molar-refractivity contribution is 0.930. The van der Waals surface area contributed by atoms with Crippen LogP contribution >= 0.6 is 22.6 Å². The first kappa shape index (κ1) is 5.87. The highest BCUT2D eigenvalue weighted by Crippen LogP contribution is 2.00. The molecule has 0 aliphatic rings. The average Bonchev–Trinajstić information content (AvgIpc) is 2.14. The van der Waals surface area contributed by atoms with Crippen LogP contribution < -0.4 is 5.73 Å². The van der Waals surface area contributed by atoms with E-state index in [1.54, 1.807) is 6.20 Å². The normalized spacial score (nSPS) is 9.62. The Hall–Kier alpha value is -0.260. The number of nitrogen functional groups attached to an aromatic ring is 1. The number of anilines is 1. The fraction of sp³-hybridized carbons (Fsp3) is 0.250. The van der Waals surface area contributed by atoms with Gasteiger partial charge in [-0.15, -0.1) is 0 Å². The van der Waals surface area contributed by atoms with Gasteiger partial charge in [0.1, 0.15) is 0 Å². The van der Waals surface area contributed by atoms with E-state index in [1.165, 1.54) is 0 Å². The molecule has 8 heavy (non-hydrogen) atoms. The van der Waals surface area contributed by atoms with E-state index >= 15 is 0 Å². The number of nitrogens with zero attached hydrogens (tertiary/aromatic N) is 2. The smallest absolute Gasteiger partial charge is 0.200 e. The summed E-state index contributed by atoms with van der Waals surface area (Å²) in [5, 5.41) is 0. The van der Waals surface area contributed by atoms with Gasteiger partial charge in [-0.25, -0.2) is 4.98 Å². The van der Waals surface area contributed by atoms with Gasteiger partial charge in [0, 0.05) is 12.4 Å². The van der Waals surface area contributed by atoms with Crippen LogP contribution in [0.1, 0.15) is 0 Å². The molecule has 0 amide bonds. The standard InChI is InChI=1S/C4H6IN3/c5-3-8-2-1-7-4(8)6/h1-2H,3H2,(H2,6,7). The summed E-state index contributed by atoms with van der Waals surface area (Å²) >= 11 is 2.22. The summed E-state index contributed by atoms with van der Waals surface area (Å²) in [6.07, 6.45) is 3.54. The summed E-state index contributed by atoms with van der Waals surface area (Å²) in [5.74, 6) is 0.583. The molecule has 0 fully saturated rings. The van der Waals surface area contributed by atoms with E-state index in [9.17, 15) is 0 Å². The zero-order valence-electron chi connectivity index (χ0n) is 4.21. The monoisotopic (exact) mass is 223 g/mol. The molecule has 0 atom stereocenters. The molecule has 2 N–H and O–H groups in total. The lowest BCUT2D eigenvalue weighted by Gasteiger charge is -1.93. The summed E-state index contributed by atoms with van der Waals surface area (Å²) < 4.78 is 2.73. The second-order valence-electron chi connectivity index (χ2n) is 1.37. The van der Waals surface area contributed by atoms with Gasteiger partial charge < -0.3 is 10.3 Å². The zero-order valence-corrected chi connectivity index (χ0v) is 6.37. The average molecular weight is 223 g/mol. The van der Waals surface area contributed by atoms with Gasteiger partial charge in [-0.3, -0.25) is 0 Å². The minimum atomic E-state index is 0.583. The largest absolute Gasteiger partial charge is 0.369 e. The van der Waals surface area contributed by atoms with Crippen LogP contribution in [0.2, 0.25) is 0 Å². The third-order valence-corrected chi connectivity index (χ3v) is 1.61. The Bertz CT molecular complexity index is 172. The van der Waals surface area contributed by atoms with Crippen LogP contribution in [-0.4, -0.2) is 9.55 Å². The topological polar surface area (TPSA) is 43.8 Å². The molecule has 0 saturated heterocycles. The minimum Gasteiger partial charge on any atom is -0.369 e. The van der Waals surface area contributed by atoms with Gasteiger partial charge in [0.05, 0.1) is 4.55 Å². The predicted molar refractivity (Wildman–Crippen MR) is 40.7 cm³/mol. The molecule has 44 valence electrons. The van der Waals surface area contributed by atoms with Crippen LogP contribution in [0, 0.1) is 0 Å². The maximum atomic E-state index is 5.40. The Morgan fingerprint density at radius 1 is 1.88 bits per heavy atom. The van der Waals surface area contributed by atoms with Crippen molar-refractivity contribution in [1.29, 1.82) is 0 Å². The molecule has 0 aromatic carbocycles. The number of rotatable bonds is 1. The number of aromatic nitrogens is 2. The molecule has 0 radical (unpaired) electrons. The van der Waals surface area contributed by atoms with E-state index in [1.807, 2.05) is 10.8 Å². The van der Waals surface area contributed by atoms with Crippen molar-refractivity contribution >= 4 is 28.5 Å². The van der Waals surface area contributed by atoms with Gasteiger partial charge in [0.25, 0.3) is 0 Å². The van der Waals surface area contributed by atoms with E-state index in [4.69, 9.17) is 5.73 Å². The molecule has 4 heteroatoms. The Balaban J connectivity index is 2.92. The van der Waals surface area contributed by atoms with Crippen LogP contribution in [-0.2, 0) is 4.55 Å². The number of imidazole rings is 1. The van der Waals surface area contributed by atoms with E-state index in [0.29, 0.717) is 5.95 Å². The highest BCUT2D eigenvalue weighted by molar-refractivity contribution is 14.1. The van der Waals surface area contributed by atoms with Gasteiger partial charge >= 0.3 is 0 Å². The fourth-order valence-electron chi connectivity index (χ4n) is 0.442. The minimum absolute atomic E-state index is 0.583. The van der Waals surface area contributed by atoms with Gasteiger partial charge in [0.2, 0.25) is 5.95 Å². The lowest BCUT2D eigenvalue weighted by atomic mass is 10.9. The van der Waals surface area contributed by atoms with Crippen molar-refractivity contribution in [1.82, 2.24) is 9.55 Å². The van der Waals surface area contributed by atoms with Crippen LogP contribution in [0.4, 0.5) is 5.95 Å². The molecular formula is C4H6IN3. The third kappa shape index (κ3) is 0.936. The third-order valence-electron chi connectivity index (χ3n) is 0.876. The van der Waals surface area contributed by atoms with Crippen LogP contribution in [0.3, 0.4) is 0 Å². The summed E-state index contributed by atoms with van der Waals surface area (Å²) in [5.41, 5.74) is 5.40. The number of alkyl halides is 1. The summed E-state index contributed by atoms with van der Waals surface area (Å²) in [7, 11) is 0. The first-order valence-corrected chi connectivity index (χ1v) is 3.69. The summed E-state index contributed by atoms with van der Waals surface area (Å²) in [6.45, 7) is 0. The molecule has 0 aliphatic carbocycles.